The number of carboxylic acid groups (broad SMARTS) is 1. The van der Waals surface area contributed by atoms with Gasteiger partial charge in [0.1, 0.15) is 19.2 Å². The number of ether oxygens (including phenoxy) is 1. The lowest BCUT2D eigenvalue weighted by Gasteiger charge is -2.28. The summed E-state index contributed by atoms with van der Waals surface area (Å²) in [5.41, 5.74) is 0. The van der Waals surface area contributed by atoms with Gasteiger partial charge in [-0.25, -0.2) is 4.79 Å². The first-order chi connectivity index (χ1) is 9.58. The fraction of sp³-hybridized carbons (Fsp3) is 0.769. The smallest absolute Gasteiger partial charge is 0.410 e. The van der Waals surface area contributed by atoms with Crippen LogP contribution in [0, 0.1) is 5.92 Å². The van der Waals surface area contributed by atoms with E-state index in [-0.39, 0.29) is 6.61 Å². The average molecular weight is 284 g/mol. The molecule has 1 aliphatic carbocycles. The molecule has 2 rings (SSSR count). The number of carbonyl (C=O) groups excluding carboxylic acids is 2. The third-order valence-corrected chi connectivity index (χ3v) is 3.87. The van der Waals surface area contributed by atoms with E-state index in [1.54, 1.807) is 0 Å². The van der Waals surface area contributed by atoms with Crippen molar-refractivity contribution in [3.8, 4) is 0 Å². The Bertz CT molecular complexity index is 392. The first-order valence-electron chi connectivity index (χ1n) is 7.01. The van der Waals surface area contributed by atoms with Crippen molar-refractivity contribution in [1.29, 1.82) is 0 Å². The molecule has 1 saturated heterocycles. The molecule has 7 heteroatoms. The van der Waals surface area contributed by atoms with Crippen LogP contribution in [0.15, 0.2) is 0 Å². The Labute approximate surface area is 117 Å². The number of carbonyl (C=O) groups is 3. The third-order valence-electron chi connectivity index (χ3n) is 3.87. The predicted octanol–water partition coefficient (Wildman–Crippen LogP) is 0.588. The molecule has 20 heavy (non-hydrogen) atoms. The van der Waals surface area contributed by atoms with Gasteiger partial charge in [-0.1, -0.05) is 19.3 Å². The molecule has 0 bridgehead atoms. The largest absolute Gasteiger partial charge is 0.480 e. The molecule has 0 aromatic rings. The molecule has 1 heterocycles. The van der Waals surface area contributed by atoms with E-state index in [1.165, 1.54) is 11.3 Å². The van der Waals surface area contributed by atoms with Crippen molar-refractivity contribution in [3.05, 3.63) is 0 Å². The van der Waals surface area contributed by atoms with Gasteiger partial charge in [-0.15, -0.1) is 0 Å². The SMILES string of the molecule is O=C(O)CNC(=O)[C@@H]1COC(=O)N1CC1CCCCC1. The van der Waals surface area contributed by atoms with Crippen LogP contribution < -0.4 is 5.32 Å². The monoisotopic (exact) mass is 284 g/mol. The summed E-state index contributed by atoms with van der Waals surface area (Å²) in [6, 6.07) is -0.705. The van der Waals surface area contributed by atoms with Crippen LogP contribution in [0.3, 0.4) is 0 Å². The van der Waals surface area contributed by atoms with Crippen molar-refractivity contribution in [2.45, 2.75) is 38.1 Å². The predicted molar refractivity (Wildman–Crippen MR) is 69.1 cm³/mol. The molecule has 0 spiro atoms. The van der Waals surface area contributed by atoms with Crippen LogP contribution in [-0.2, 0) is 14.3 Å². The Hall–Kier alpha value is -1.79. The molecule has 0 aromatic carbocycles. The quantitative estimate of drug-likeness (QED) is 0.770. The fourth-order valence-electron chi connectivity index (χ4n) is 2.80. The number of aliphatic carboxylic acids is 1. The van der Waals surface area contributed by atoms with E-state index < -0.39 is 30.6 Å². The Morgan fingerprint density at radius 1 is 1.30 bits per heavy atom. The lowest BCUT2D eigenvalue weighted by Crippen LogP contribution is -2.48. The Morgan fingerprint density at radius 3 is 2.65 bits per heavy atom. The highest BCUT2D eigenvalue weighted by Gasteiger charge is 2.39. The van der Waals surface area contributed by atoms with E-state index >= 15 is 0 Å². The van der Waals surface area contributed by atoms with Gasteiger partial charge in [0.05, 0.1) is 0 Å². The van der Waals surface area contributed by atoms with Gasteiger partial charge in [0.15, 0.2) is 0 Å². The van der Waals surface area contributed by atoms with E-state index in [1.807, 2.05) is 0 Å². The van der Waals surface area contributed by atoms with E-state index in [9.17, 15) is 14.4 Å². The molecule has 1 aliphatic heterocycles. The van der Waals surface area contributed by atoms with E-state index in [0.29, 0.717) is 12.5 Å². The van der Waals surface area contributed by atoms with Gasteiger partial charge in [-0.3, -0.25) is 14.5 Å². The number of rotatable bonds is 5. The second-order valence-electron chi connectivity index (χ2n) is 5.36. The number of carboxylic acids is 1. The summed E-state index contributed by atoms with van der Waals surface area (Å²) >= 11 is 0. The molecular weight excluding hydrogens is 264 g/mol. The zero-order valence-electron chi connectivity index (χ0n) is 11.3. The Morgan fingerprint density at radius 2 is 2.00 bits per heavy atom. The molecule has 1 atom stereocenters. The van der Waals surface area contributed by atoms with Gasteiger partial charge in [0.2, 0.25) is 5.91 Å². The average Bonchev–Trinajstić information content (AvgIpc) is 2.79. The fourth-order valence-corrected chi connectivity index (χ4v) is 2.80. The standard InChI is InChI=1S/C13H20N2O5/c16-11(17)6-14-12(18)10-8-20-13(19)15(10)7-9-4-2-1-3-5-9/h9-10H,1-8H2,(H,14,18)(H,16,17)/t10-/m0/s1. The van der Waals surface area contributed by atoms with Crippen LogP contribution in [0.1, 0.15) is 32.1 Å². The molecule has 0 radical (unpaired) electrons. The van der Waals surface area contributed by atoms with Crippen LogP contribution in [0.5, 0.6) is 0 Å². The number of nitrogens with zero attached hydrogens (tertiary/aromatic N) is 1. The van der Waals surface area contributed by atoms with E-state index in [2.05, 4.69) is 5.32 Å². The van der Waals surface area contributed by atoms with E-state index in [0.717, 1.165) is 25.7 Å². The number of amides is 2. The molecule has 1 saturated carbocycles. The highest BCUT2D eigenvalue weighted by atomic mass is 16.6. The normalized spacial score (nSPS) is 23.5. The maximum Gasteiger partial charge on any atom is 0.410 e. The maximum atomic E-state index is 11.9. The first kappa shape index (κ1) is 14.6. The first-order valence-corrected chi connectivity index (χ1v) is 7.01. The summed E-state index contributed by atoms with van der Waals surface area (Å²) in [7, 11) is 0. The number of hydrogen-bond acceptors (Lipinski definition) is 4. The maximum absolute atomic E-state index is 11.9. The van der Waals surface area contributed by atoms with Crippen molar-refractivity contribution in [3.63, 3.8) is 0 Å². The number of nitrogens with one attached hydrogen (secondary N) is 1. The minimum absolute atomic E-state index is 0.00297. The van der Waals surface area contributed by atoms with Crippen LogP contribution in [0.4, 0.5) is 4.79 Å². The lowest BCUT2D eigenvalue weighted by atomic mass is 9.89. The minimum Gasteiger partial charge on any atom is -0.480 e. The van der Waals surface area contributed by atoms with Gasteiger partial charge < -0.3 is 15.2 Å². The van der Waals surface area contributed by atoms with Gasteiger partial charge in [0, 0.05) is 6.54 Å². The van der Waals surface area contributed by atoms with Gasteiger partial charge in [-0.05, 0) is 18.8 Å². The van der Waals surface area contributed by atoms with Gasteiger partial charge in [-0.2, -0.15) is 0 Å². The molecule has 0 unspecified atom stereocenters. The summed E-state index contributed by atoms with van der Waals surface area (Å²) in [6.45, 7) is 0.0712. The molecule has 2 aliphatic rings. The highest BCUT2D eigenvalue weighted by Crippen LogP contribution is 2.26. The van der Waals surface area contributed by atoms with Crippen molar-refractivity contribution in [2.75, 3.05) is 19.7 Å². The highest BCUT2D eigenvalue weighted by molar-refractivity contribution is 5.89. The summed E-state index contributed by atoms with van der Waals surface area (Å²) in [5, 5.41) is 10.9. The zero-order chi connectivity index (χ0) is 14.5. The van der Waals surface area contributed by atoms with Crippen LogP contribution in [0.25, 0.3) is 0 Å². The van der Waals surface area contributed by atoms with Crippen molar-refractivity contribution in [1.82, 2.24) is 10.2 Å². The van der Waals surface area contributed by atoms with Gasteiger partial charge in [0.25, 0.3) is 0 Å². The van der Waals surface area contributed by atoms with E-state index in [4.69, 9.17) is 9.84 Å². The molecule has 2 N–H and O–H groups in total. The summed E-state index contributed by atoms with van der Waals surface area (Å²) in [4.78, 5) is 35.5. The minimum atomic E-state index is -1.11. The van der Waals surface area contributed by atoms with Crippen molar-refractivity contribution in [2.24, 2.45) is 5.92 Å². The number of cyclic esters (lactones) is 1. The molecule has 2 fully saturated rings. The summed E-state index contributed by atoms with van der Waals surface area (Å²) in [5.74, 6) is -1.17. The van der Waals surface area contributed by atoms with Crippen molar-refractivity contribution >= 4 is 18.0 Å². The third kappa shape index (κ3) is 3.61. The van der Waals surface area contributed by atoms with Crippen LogP contribution in [0.2, 0.25) is 0 Å². The van der Waals surface area contributed by atoms with Crippen molar-refractivity contribution < 1.29 is 24.2 Å². The topological polar surface area (TPSA) is 95.9 Å². The molecule has 2 amide bonds. The second kappa shape index (κ2) is 6.58. The molecule has 0 aromatic heterocycles. The molecular formula is C13H20N2O5. The van der Waals surface area contributed by atoms with Crippen LogP contribution >= 0.6 is 0 Å². The Kier molecular flexibility index (Phi) is 4.81. The summed E-state index contributed by atoms with van der Waals surface area (Å²) < 4.78 is 4.93. The lowest BCUT2D eigenvalue weighted by molar-refractivity contribution is -0.138. The zero-order valence-corrected chi connectivity index (χ0v) is 11.3. The Balaban J connectivity index is 1.91. The number of hydrogen-bond donors (Lipinski definition) is 2. The molecule has 7 nitrogen and oxygen atoms in total. The molecule has 112 valence electrons. The summed E-state index contributed by atoms with van der Waals surface area (Å²) in [6.07, 6.45) is 5.18. The van der Waals surface area contributed by atoms with Crippen LogP contribution in [-0.4, -0.2) is 53.7 Å². The van der Waals surface area contributed by atoms with Gasteiger partial charge >= 0.3 is 12.1 Å². The second-order valence-corrected chi connectivity index (χ2v) is 5.36.